The van der Waals surface area contributed by atoms with Gasteiger partial charge in [0.1, 0.15) is 0 Å². The van der Waals surface area contributed by atoms with Gasteiger partial charge in [0.2, 0.25) is 5.91 Å². The number of carbonyl (C=O) groups is 1. The van der Waals surface area contributed by atoms with Gasteiger partial charge in [0, 0.05) is 18.4 Å². The van der Waals surface area contributed by atoms with Crippen LogP contribution in [0.25, 0.3) is 0 Å². The molecule has 1 amide bonds. The summed E-state index contributed by atoms with van der Waals surface area (Å²) in [6, 6.07) is 6.21. The Hall–Kier alpha value is -1.00. The minimum Gasteiger partial charge on any atom is -0.396 e. The Balaban J connectivity index is 2.60. The predicted molar refractivity (Wildman–Crippen MR) is 81.6 cm³/mol. The molecule has 0 radical (unpaired) electrons. The number of amides is 1. The number of carbonyl (C=O) groups excluding carboxylic acids is 1. The van der Waals surface area contributed by atoms with Gasteiger partial charge in [0.05, 0.1) is 6.42 Å². The number of rotatable bonds is 7. The van der Waals surface area contributed by atoms with Gasteiger partial charge in [-0.1, -0.05) is 23.8 Å². The van der Waals surface area contributed by atoms with Crippen molar-refractivity contribution in [3.63, 3.8) is 0 Å². The molecular weight excluding hydrogens is 258 g/mol. The molecule has 0 aliphatic carbocycles. The van der Waals surface area contributed by atoms with E-state index in [0.717, 1.165) is 16.9 Å². The van der Waals surface area contributed by atoms with Crippen LogP contribution in [-0.2, 0) is 11.2 Å². The normalized spacial score (nSPS) is 12.2. The van der Waals surface area contributed by atoms with Gasteiger partial charge in [-0.3, -0.25) is 4.79 Å². The summed E-state index contributed by atoms with van der Waals surface area (Å²) in [5.74, 6) is 0.861. The molecule has 0 bridgehead atoms. The second-order valence-corrected chi connectivity index (χ2v) is 5.75. The van der Waals surface area contributed by atoms with Crippen molar-refractivity contribution in [2.45, 2.75) is 32.7 Å². The SMILES string of the molecule is CSCC(CCO)NC(=O)Cc1cc(C)ccc1C. The molecule has 4 heteroatoms. The lowest BCUT2D eigenvalue weighted by Gasteiger charge is -2.17. The number of hydrogen-bond acceptors (Lipinski definition) is 3. The second kappa shape index (κ2) is 8.23. The van der Waals surface area contributed by atoms with Crippen LogP contribution in [-0.4, -0.2) is 35.7 Å². The van der Waals surface area contributed by atoms with Gasteiger partial charge in [0.15, 0.2) is 0 Å². The molecule has 0 saturated carbocycles. The van der Waals surface area contributed by atoms with Gasteiger partial charge in [0.25, 0.3) is 0 Å². The molecule has 1 aromatic carbocycles. The highest BCUT2D eigenvalue weighted by atomic mass is 32.2. The fraction of sp³-hybridized carbons (Fsp3) is 0.533. The number of aliphatic hydroxyl groups excluding tert-OH is 1. The maximum atomic E-state index is 12.0. The first kappa shape index (κ1) is 16.1. The Labute approximate surface area is 119 Å². The third-order valence-corrected chi connectivity index (χ3v) is 3.80. The van der Waals surface area contributed by atoms with E-state index in [-0.39, 0.29) is 18.6 Å². The molecule has 1 aromatic rings. The molecule has 0 aliphatic rings. The molecule has 2 N–H and O–H groups in total. The van der Waals surface area contributed by atoms with E-state index in [1.54, 1.807) is 11.8 Å². The molecule has 0 heterocycles. The maximum absolute atomic E-state index is 12.0. The van der Waals surface area contributed by atoms with Gasteiger partial charge in [-0.2, -0.15) is 11.8 Å². The highest BCUT2D eigenvalue weighted by molar-refractivity contribution is 7.98. The molecule has 3 nitrogen and oxygen atoms in total. The summed E-state index contributed by atoms with van der Waals surface area (Å²) in [6.45, 7) is 4.16. The number of hydrogen-bond donors (Lipinski definition) is 2. The van der Waals surface area contributed by atoms with Crippen LogP contribution in [0.2, 0.25) is 0 Å². The van der Waals surface area contributed by atoms with E-state index in [0.29, 0.717) is 12.8 Å². The standard InChI is InChI=1S/C15H23NO2S/c1-11-4-5-12(2)13(8-11)9-15(18)16-14(6-7-17)10-19-3/h4-5,8,14,17H,6-7,9-10H2,1-3H3,(H,16,18). The average molecular weight is 281 g/mol. The monoisotopic (exact) mass is 281 g/mol. The van der Waals surface area contributed by atoms with Crippen LogP contribution in [0.1, 0.15) is 23.1 Å². The Morgan fingerprint density at radius 1 is 1.42 bits per heavy atom. The topological polar surface area (TPSA) is 49.3 Å². The number of aryl methyl sites for hydroxylation is 2. The first-order valence-electron chi connectivity index (χ1n) is 6.52. The van der Waals surface area contributed by atoms with Crippen molar-refractivity contribution in [1.29, 1.82) is 0 Å². The van der Waals surface area contributed by atoms with Crippen LogP contribution < -0.4 is 5.32 Å². The lowest BCUT2D eigenvalue weighted by atomic mass is 10.0. The largest absolute Gasteiger partial charge is 0.396 e. The van der Waals surface area contributed by atoms with Crippen LogP contribution in [0.4, 0.5) is 0 Å². The van der Waals surface area contributed by atoms with Gasteiger partial charge in [-0.15, -0.1) is 0 Å². The number of thioether (sulfide) groups is 1. The lowest BCUT2D eigenvalue weighted by molar-refractivity contribution is -0.121. The smallest absolute Gasteiger partial charge is 0.224 e. The van der Waals surface area contributed by atoms with Crippen molar-refractivity contribution in [2.75, 3.05) is 18.6 Å². The molecule has 1 atom stereocenters. The quantitative estimate of drug-likeness (QED) is 0.804. The fourth-order valence-electron chi connectivity index (χ4n) is 2.00. The van der Waals surface area contributed by atoms with Crippen LogP contribution >= 0.6 is 11.8 Å². The summed E-state index contributed by atoms with van der Waals surface area (Å²) in [5.41, 5.74) is 3.39. The van der Waals surface area contributed by atoms with E-state index in [1.807, 2.05) is 26.2 Å². The van der Waals surface area contributed by atoms with Gasteiger partial charge in [-0.05, 0) is 37.7 Å². The Morgan fingerprint density at radius 3 is 2.79 bits per heavy atom. The average Bonchev–Trinajstić information content (AvgIpc) is 2.34. The first-order valence-corrected chi connectivity index (χ1v) is 7.91. The van der Waals surface area contributed by atoms with Crippen LogP contribution in [0.3, 0.4) is 0 Å². The van der Waals surface area contributed by atoms with Crippen LogP contribution in [0.5, 0.6) is 0 Å². The van der Waals surface area contributed by atoms with E-state index < -0.39 is 0 Å². The molecule has 1 rings (SSSR count). The molecule has 106 valence electrons. The second-order valence-electron chi connectivity index (χ2n) is 4.84. The Kier molecular flexibility index (Phi) is 6.95. The lowest BCUT2D eigenvalue weighted by Crippen LogP contribution is -2.38. The van der Waals surface area contributed by atoms with Gasteiger partial charge >= 0.3 is 0 Å². The van der Waals surface area contributed by atoms with Gasteiger partial charge in [-0.25, -0.2) is 0 Å². The van der Waals surface area contributed by atoms with Crippen molar-refractivity contribution in [3.05, 3.63) is 34.9 Å². The summed E-state index contributed by atoms with van der Waals surface area (Å²) in [7, 11) is 0. The fourth-order valence-corrected chi connectivity index (χ4v) is 2.65. The molecule has 0 saturated heterocycles. The molecule has 0 fully saturated rings. The van der Waals surface area contributed by atoms with E-state index in [4.69, 9.17) is 5.11 Å². The van der Waals surface area contributed by atoms with E-state index in [9.17, 15) is 4.79 Å². The number of nitrogens with one attached hydrogen (secondary N) is 1. The summed E-state index contributed by atoms with van der Waals surface area (Å²) < 4.78 is 0. The summed E-state index contributed by atoms with van der Waals surface area (Å²) in [4.78, 5) is 12.0. The van der Waals surface area contributed by atoms with Crippen molar-refractivity contribution in [3.8, 4) is 0 Å². The van der Waals surface area contributed by atoms with E-state index >= 15 is 0 Å². The van der Waals surface area contributed by atoms with E-state index in [1.165, 1.54) is 5.56 Å². The summed E-state index contributed by atoms with van der Waals surface area (Å²) >= 11 is 1.68. The third-order valence-electron chi connectivity index (χ3n) is 3.07. The van der Waals surface area contributed by atoms with Crippen molar-refractivity contribution in [2.24, 2.45) is 0 Å². The molecule has 0 aliphatic heterocycles. The highest BCUT2D eigenvalue weighted by Gasteiger charge is 2.12. The van der Waals surface area contributed by atoms with Gasteiger partial charge < -0.3 is 10.4 Å². The first-order chi connectivity index (χ1) is 9.06. The number of benzene rings is 1. The molecule has 1 unspecified atom stereocenters. The Morgan fingerprint density at radius 2 is 2.16 bits per heavy atom. The minimum absolute atomic E-state index is 0.0289. The van der Waals surface area contributed by atoms with Crippen molar-refractivity contribution in [1.82, 2.24) is 5.32 Å². The number of aliphatic hydroxyl groups is 1. The van der Waals surface area contributed by atoms with Crippen LogP contribution in [0.15, 0.2) is 18.2 Å². The zero-order valence-corrected chi connectivity index (χ0v) is 12.7. The molecule has 0 spiro atoms. The molecule has 19 heavy (non-hydrogen) atoms. The highest BCUT2D eigenvalue weighted by Crippen LogP contribution is 2.11. The molecule has 0 aromatic heterocycles. The predicted octanol–water partition coefficient (Wildman–Crippen LogP) is 2.08. The zero-order chi connectivity index (χ0) is 14.3. The zero-order valence-electron chi connectivity index (χ0n) is 11.9. The molecular formula is C15H23NO2S. The maximum Gasteiger partial charge on any atom is 0.224 e. The van der Waals surface area contributed by atoms with E-state index in [2.05, 4.69) is 17.4 Å². The minimum atomic E-state index is 0.0289. The van der Waals surface area contributed by atoms with Crippen LogP contribution in [0, 0.1) is 13.8 Å². The third kappa shape index (κ3) is 5.66. The summed E-state index contributed by atoms with van der Waals surface area (Å²) in [5, 5.41) is 12.0. The van der Waals surface area contributed by atoms with Crippen molar-refractivity contribution < 1.29 is 9.90 Å². The Bertz CT molecular complexity index is 415. The van der Waals surface area contributed by atoms with Crippen molar-refractivity contribution >= 4 is 17.7 Å². The summed E-state index contributed by atoms with van der Waals surface area (Å²) in [6.07, 6.45) is 3.02.